The van der Waals surface area contributed by atoms with Gasteiger partial charge in [0.1, 0.15) is 0 Å². The zero-order chi connectivity index (χ0) is 13.3. The number of hydrogen-bond donors (Lipinski definition) is 1. The molecule has 2 rings (SSSR count). The van der Waals surface area contributed by atoms with Crippen LogP contribution in [0.4, 0.5) is 0 Å². The first kappa shape index (κ1) is 14.3. The molecular formula is C14H15Br2NS. The number of thiophene rings is 1. The quantitative estimate of drug-likeness (QED) is 0.761. The summed E-state index contributed by atoms with van der Waals surface area (Å²) in [5.74, 6) is 0. The van der Waals surface area contributed by atoms with E-state index in [1.54, 1.807) is 0 Å². The van der Waals surface area contributed by atoms with Crippen LogP contribution in [-0.2, 0) is 0 Å². The summed E-state index contributed by atoms with van der Waals surface area (Å²) in [5, 5.41) is 3.40. The Balaban J connectivity index is 2.48. The van der Waals surface area contributed by atoms with Gasteiger partial charge >= 0.3 is 0 Å². The molecule has 0 aliphatic heterocycles. The van der Waals surface area contributed by atoms with Crippen LogP contribution in [0.1, 0.15) is 26.9 Å². The molecule has 1 nitrogen and oxygen atoms in total. The van der Waals surface area contributed by atoms with Gasteiger partial charge in [-0.3, -0.25) is 0 Å². The highest BCUT2D eigenvalue weighted by molar-refractivity contribution is 9.10. The Morgan fingerprint density at radius 3 is 2.39 bits per heavy atom. The number of halogens is 2. The lowest BCUT2D eigenvalue weighted by Gasteiger charge is -2.17. The van der Waals surface area contributed by atoms with E-state index in [9.17, 15) is 0 Å². The van der Waals surface area contributed by atoms with E-state index in [4.69, 9.17) is 0 Å². The molecule has 0 saturated carbocycles. The van der Waals surface area contributed by atoms with E-state index < -0.39 is 0 Å². The van der Waals surface area contributed by atoms with Gasteiger partial charge in [-0.2, -0.15) is 0 Å². The van der Waals surface area contributed by atoms with Crippen molar-refractivity contribution in [3.63, 3.8) is 0 Å². The number of hydrogen-bond acceptors (Lipinski definition) is 2. The summed E-state index contributed by atoms with van der Waals surface area (Å²) in [4.78, 5) is 2.64. The smallest absolute Gasteiger partial charge is 0.0680 e. The predicted octanol–water partition coefficient (Wildman–Crippen LogP) is 5.20. The van der Waals surface area contributed by atoms with Gasteiger partial charge < -0.3 is 5.32 Å². The van der Waals surface area contributed by atoms with Crippen molar-refractivity contribution in [2.24, 2.45) is 0 Å². The van der Waals surface area contributed by atoms with Gasteiger partial charge in [0.2, 0.25) is 0 Å². The van der Waals surface area contributed by atoms with E-state index >= 15 is 0 Å². The van der Waals surface area contributed by atoms with E-state index in [1.165, 1.54) is 25.4 Å². The van der Waals surface area contributed by atoms with Crippen molar-refractivity contribution in [3.8, 4) is 0 Å². The molecule has 18 heavy (non-hydrogen) atoms. The fourth-order valence-corrected chi connectivity index (χ4v) is 4.13. The van der Waals surface area contributed by atoms with Crippen molar-refractivity contribution in [1.29, 1.82) is 0 Å². The number of nitrogens with one attached hydrogen (secondary N) is 1. The minimum absolute atomic E-state index is 0.231. The Bertz CT molecular complexity index is 543. The molecule has 0 fully saturated rings. The lowest BCUT2D eigenvalue weighted by molar-refractivity contribution is 0.700. The van der Waals surface area contributed by atoms with Crippen LogP contribution >= 0.6 is 43.2 Å². The van der Waals surface area contributed by atoms with Gasteiger partial charge in [0.05, 0.1) is 6.04 Å². The van der Waals surface area contributed by atoms with Gasteiger partial charge in [-0.1, -0.05) is 33.6 Å². The number of benzene rings is 1. The second-order valence-corrected chi connectivity index (χ2v) is 7.30. The molecule has 0 amide bonds. The fourth-order valence-electron chi connectivity index (χ4n) is 1.96. The average molecular weight is 389 g/mol. The van der Waals surface area contributed by atoms with Crippen LogP contribution in [0, 0.1) is 13.8 Å². The summed E-state index contributed by atoms with van der Waals surface area (Å²) >= 11 is 9.06. The summed E-state index contributed by atoms with van der Waals surface area (Å²) in [6.07, 6.45) is 0. The highest BCUT2D eigenvalue weighted by Crippen LogP contribution is 2.36. The normalized spacial score (nSPS) is 12.7. The number of rotatable bonds is 3. The Labute approximate surface area is 129 Å². The number of aryl methyl sites for hydroxylation is 2. The molecular weight excluding hydrogens is 374 g/mol. The molecule has 1 aromatic heterocycles. The van der Waals surface area contributed by atoms with Crippen molar-refractivity contribution in [3.05, 3.63) is 54.1 Å². The van der Waals surface area contributed by atoms with Crippen molar-refractivity contribution >= 4 is 43.2 Å². The van der Waals surface area contributed by atoms with Crippen LogP contribution < -0.4 is 5.32 Å². The summed E-state index contributed by atoms with van der Waals surface area (Å²) in [5.41, 5.74) is 2.56. The third-order valence-electron chi connectivity index (χ3n) is 2.91. The van der Waals surface area contributed by atoms with Crippen molar-refractivity contribution in [1.82, 2.24) is 5.32 Å². The second-order valence-electron chi connectivity index (χ2n) is 4.30. The molecule has 0 bridgehead atoms. The Hall–Kier alpha value is -0.160. The van der Waals surface area contributed by atoms with Crippen LogP contribution in [0.15, 0.2) is 33.2 Å². The topological polar surface area (TPSA) is 12.0 Å². The minimum Gasteiger partial charge on any atom is -0.309 e. The molecule has 1 N–H and O–H groups in total. The van der Waals surface area contributed by atoms with Crippen molar-refractivity contribution < 1.29 is 0 Å². The van der Waals surface area contributed by atoms with Gasteiger partial charge in [0, 0.05) is 18.7 Å². The first-order valence-corrected chi connectivity index (χ1v) is 8.12. The summed E-state index contributed by atoms with van der Waals surface area (Å²) in [7, 11) is 2.00. The van der Waals surface area contributed by atoms with Gasteiger partial charge in [-0.05, 0) is 54.5 Å². The van der Waals surface area contributed by atoms with Crippen LogP contribution in [0.2, 0.25) is 0 Å². The molecule has 4 heteroatoms. The molecule has 0 aliphatic carbocycles. The maximum absolute atomic E-state index is 3.65. The first-order valence-electron chi connectivity index (χ1n) is 5.72. The van der Waals surface area contributed by atoms with Crippen LogP contribution in [0.3, 0.4) is 0 Å². The summed E-state index contributed by atoms with van der Waals surface area (Å²) < 4.78 is 2.33. The standard InChI is InChI=1S/C14H15Br2NS/c1-8-4-5-11(15)10(6-8)14(17-3)13-7-12(16)9(2)18-13/h4-7,14,17H,1-3H3. The van der Waals surface area contributed by atoms with Crippen molar-refractivity contribution in [2.75, 3.05) is 7.05 Å². The Kier molecular flexibility index (Phi) is 4.64. The Morgan fingerprint density at radius 1 is 1.11 bits per heavy atom. The van der Waals surface area contributed by atoms with E-state index in [1.807, 2.05) is 18.4 Å². The molecule has 0 aliphatic rings. The van der Waals surface area contributed by atoms with Crippen molar-refractivity contribution in [2.45, 2.75) is 19.9 Å². The first-order chi connectivity index (χ1) is 8.52. The molecule has 2 aromatic rings. The van der Waals surface area contributed by atoms with Gasteiger partial charge in [-0.15, -0.1) is 11.3 Å². The van der Waals surface area contributed by atoms with E-state index in [-0.39, 0.29) is 6.04 Å². The highest BCUT2D eigenvalue weighted by Gasteiger charge is 2.18. The largest absolute Gasteiger partial charge is 0.309 e. The third kappa shape index (κ3) is 2.87. The zero-order valence-corrected chi connectivity index (χ0v) is 14.5. The molecule has 0 saturated heterocycles. The van der Waals surface area contributed by atoms with Crippen LogP contribution in [0.5, 0.6) is 0 Å². The molecule has 1 aromatic carbocycles. The SMILES string of the molecule is CNC(c1cc(Br)c(C)s1)c1cc(C)ccc1Br. The van der Waals surface area contributed by atoms with E-state index in [0.717, 1.165) is 4.47 Å². The van der Waals surface area contributed by atoms with Crippen LogP contribution in [0.25, 0.3) is 0 Å². The van der Waals surface area contributed by atoms with Gasteiger partial charge in [0.15, 0.2) is 0 Å². The summed E-state index contributed by atoms with van der Waals surface area (Å²) in [6.45, 7) is 4.26. The van der Waals surface area contributed by atoms with E-state index in [0.29, 0.717) is 0 Å². The highest BCUT2D eigenvalue weighted by atomic mass is 79.9. The second kappa shape index (κ2) is 5.87. The van der Waals surface area contributed by atoms with Gasteiger partial charge in [-0.25, -0.2) is 0 Å². The van der Waals surface area contributed by atoms with Gasteiger partial charge in [0.25, 0.3) is 0 Å². The maximum Gasteiger partial charge on any atom is 0.0680 e. The fraction of sp³-hybridized carbons (Fsp3) is 0.286. The molecule has 0 spiro atoms. The molecule has 1 unspecified atom stereocenters. The van der Waals surface area contributed by atoms with Crippen LogP contribution in [-0.4, -0.2) is 7.05 Å². The lowest BCUT2D eigenvalue weighted by Crippen LogP contribution is -2.17. The average Bonchev–Trinajstić information content (AvgIpc) is 2.65. The summed E-state index contributed by atoms with van der Waals surface area (Å²) in [6, 6.07) is 8.90. The molecule has 96 valence electrons. The minimum atomic E-state index is 0.231. The molecule has 0 radical (unpaired) electrons. The third-order valence-corrected chi connectivity index (χ3v) is 5.84. The van der Waals surface area contributed by atoms with E-state index in [2.05, 4.69) is 75.3 Å². The Morgan fingerprint density at radius 2 is 1.83 bits per heavy atom. The predicted molar refractivity (Wildman–Crippen MR) is 86.5 cm³/mol. The molecule has 1 heterocycles. The monoisotopic (exact) mass is 387 g/mol. The molecule has 1 atom stereocenters. The zero-order valence-electron chi connectivity index (χ0n) is 10.6. The lowest BCUT2D eigenvalue weighted by atomic mass is 10.0. The maximum atomic E-state index is 3.65.